The van der Waals surface area contributed by atoms with Crippen molar-refractivity contribution >= 4 is 37.6 Å². The van der Waals surface area contributed by atoms with E-state index in [0.29, 0.717) is 21.5 Å². The first kappa shape index (κ1) is 18.3. The minimum Gasteiger partial charge on any atom is -0.496 e. The first-order chi connectivity index (χ1) is 11.4. The number of carbonyl (C=O) groups is 1. The van der Waals surface area contributed by atoms with Crippen LogP contribution in [0.3, 0.4) is 0 Å². The summed E-state index contributed by atoms with van der Waals surface area (Å²) < 4.78 is 37.8. The van der Waals surface area contributed by atoms with E-state index >= 15 is 0 Å². The highest BCUT2D eigenvalue weighted by Gasteiger charge is 2.16. The van der Waals surface area contributed by atoms with Crippen LogP contribution in [-0.2, 0) is 14.8 Å². The van der Waals surface area contributed by atoms with Gasteiger partial charge < -0.3 is 9.47 Å². The van der Waals surface area contributed by atoms with E-state index in [9.17, 15) is 13.2 Å². The van der Waals surface area contributed by atoms with E-state index in [0.717, 1.165) is 0 Å². The monoisotopic (exact) mass is 413 g/mol. The average Bonchev–Trinajstić information content (AvgIpc) is 2.55. The second-order valence-electron chi connectivity index (χ2n) is 4.70. The highest BCUT2D eigenvalue weighted by atomic mass is 79.9. The van der Waals surface area contributed by atoms with Crippen molar-refractivity contribution in [2.75, 3.05) is 18.4 Å². The lowest BCUT2D eigenvalue weighted by molar-refractivity contribution is 0.0526. The molecule has 0 radical (unpaired) electrons. The normalized spacial score (nSPS) is 11.0. The summed E-state index contributed by atoms with van der Waals surface area (Å²) in [5, 5.41) is 0. The molecule has 0 aliphatic heterocycles. The molecular weight excluding hydrogens is 398 g/mol. The van der Waals surface area contributed by atoms with Crippen LogP contribution in [0.1, 0.15) is 17.3 Å². The second-order valence-corrected chi connectivity index (χ2v) is 7.24. The molecule has 24 heavy (non-hydrogen) atoms. The Hall–Kier alpha value is -2.06. The summed E-state index contributed by atoms with van der Waals surface area (Å²) in [6.07, 6.45) is 0. The predicted molar refractivity (Wildman–Crippen MR) is 93.9 cm³/mol. The van der Waals surface area contributed by atoms with Crippen LogP contribution in [0.2, 0.25) is 0 Å². The van der Waals surface area contributed by atoms with E-state index in [4.69, 9.17) is 9.47 Å². The van der Waals surface area contributed by atoms with Crippen LogP contribution in [-0.4, -0.2) is 28.1 Å². The van der Waals surface area contributed by atoms with Crippen LogP contribution in [0.4, 0.5) is 5.69 Å². The molecule has 0 saturated carbocycles. The number of nitrogens with one attached hydrogen (secondary N) is 1. The predicted octanol–water partition coefficient (Wildman–Crippen LogP) is 3.44. The third-order valence-electron chi connectivity index (χ3n) is 3.08. The van der Waals surface area contributed by atoms with Gasteiger partial charge in [-0.1, -0.05) is 0 Å². The Labute approximate surface area is 149 Å². The molecule has 8 heteroatoms. The minimum atomic E-state index is -3.76. The van der Waals surface area contributed by atoms with Crippen molar-refractivity contribution in [3.8, 4) is 5.75 Å². The second kappa shape index (κ2) is 7.67. The number of methoxy groups -OCH3 is 1. The zero-order valence-electron chi connectivity index (χ0n) is 13.1. The fourth-order valence-corrected chi connectivity index (χ4v) is 3.69. The molecule has 0 saturated heterocycles. The Balaban J connectivity index is 2.20. The first-order valence-corrected chi connectivity index (χ1v) is 9.28. The van der Waals surface area contributed by atoms with Gasteiger partial charge in [0.05, 0.1) is 28.6 Å². The number of rotatable bonds is 6. The van der Waals surface area contributed by atoms with E-state index in [2.05, 4.69) is 20.7 Å². The number of hydrogen-bond acceptors (Lipinski definition) is 5. The highest BCUT2D eigenvalue weighted by molar-refractivity contribution is 9.10. The minimum absolute atomic E-state index is 0.0876. The van der Waals surface area contributed by atoms with Crippen molar-refractivity contribution in [3.63, 3.8) is 0 Å². The van der Waals surface area contributed by atoms with E-state index in [1.807, 2.05) is 0 Å². The molecule has 0 aromatic heterocycles. The van der Waals surface area contributed by atoms with E-state index in [1.54, 1.807) is 13.0 Å². The molecule has 2 aromatic rings. The highest BCUT2D eigenvalue weighted by Crippen LogP contribution is 2.28. The fraction of sp³-hybridized carbons (Fsp3) is 0.188. The number of sulfonamides is 1. The molecule has 2 aromatic carbocycles. The van der Waals surface area contributed by atoms with E-state index < -0.39 is 16.0 Å². The lowest BCUT2D eigenvalue weighted by Crippen LogP contribution is -2.13. The number of halogens is 1. The van der Waals surface area contributed by atoms with Gasteiger partial charge in [0.2, 0.25) is 0 Å². The molecule has 0 heterocycles. The molecule has 6 nitrogen and oxygen atoms in total. The summed E-state index contributed by atoms with van der Waals surface area (Å²) >= 11 is 3.26. The summed E-state index contributed by atoms with van der Waals surface area (Å²) in [5.74, 6) is 0.0822. The number of esters is 1. The van der Waals surface area contributed by atoms with Crippen molar-refractivity contribution < 1.29 is 22.7 Å². The van der Waals surface area contributed by atoms with Gasteiger partial charge in [-0.15, -0.1) is 0 Å². The van der Waals surface area contributed by atoms with Crippen LogP contribution < -0.4 is 9.46 Å². The number of carbonyl (C=O) groups excluding carboxylic acids is 1. The van der Waals surface area contributed by atoms with E-state index in [-0.39, 0.29) is 11.5 Å². The van der Waals surface area contributed by atoms with Gasteiger partial charge in [0.25, 0.3) is 10.0 Å². The Morgan fingerprint density at radius 2 is 1.83 bits per heavy atom. The lowest BCUT2D eigenvalue weighted by atomic mass is 10.2. The van der Waals surface area contributed by atoms with Gasteiger partial charge in [-0.3, -0.25) is 4.72 Å². The standard InChI is InChI=1S/C16H16BrNO5S/c1-3-23-16(19)11-4-6-12(7-5-11)18-24(20,21)13-8-9-15(22-2)14(17)10-13/h4-10,18H,3H2,1-2H3. The molecule has 0 aliphatic carbocycles. The Bertz CT molecular complexity index is 834. The van der Waals surface area contributed by atoms with Gasteiger partial charge in [-0.25, -0.2) is 13.2 Å². The zero-order chi connectivity index (χ0) is 17.7. The van der Waals surface area contributed by atoms with Crippen molar-refractivity contribution in [3.05, 3.63) is 52.5 Å². The summed E-state index contributed by atoms with van der Waals surface area (Å²) in [4.78, 5) is 11.7. The zero-order valence-corrected chi connectivity index (χ0v) is 15.5. The summed E-state index contributed by atoms with van der Waals surface area (Å²) in [6.45, 7) is 1.99. The number of benzene rings is 2. The maximum atomic E-state index is 12.4. The third kappa shape index (κ3) is 4.27. The van der Waals surface area contributed by atoms with Crippen LogP contribution in [0.15, 0.2) is 51.8 Å². The largest absolute Gasteiger partial charge is 0.496 e. The molecule has 0 aliphatic rings. The molecule has 128 valence electrons. The summed E-state index contributed by atoms with van der Waals surface area (Å²) in [5.41, 5.74) is 0.696. The average molecular weight is 414 g/mol. The van der Waals surface area contributed by atoms with Crippen molar-refractivity contribution in [1.29, 1.82) is 0 Å². The molecule has 0 amide bonds. The molecular formula is C16H16BrNO5S. The number of anilines is 1. The number of hydrogen-bond donors (Lipinski definition) is 1. The Morgan fingerprint density at radius 1 is 1.17 bits per heavy atom. The maximum absolute atomic E-state index is 12.4. The lowest BCUT2D eigenvalue weighted by Gasteiger charge is -2.10. The van der Waals surface area contributed by atoms with Gasteiger partial charge in [-0.05, 0) is 65.3 Å². The first-order valence-electron chi connectivity index (χ1n) is 7.01. The van der Waals surface area contributed by atoms with Gasteiger partial charge >= 0.3 is 5.97 Å². The van der Waals surface area contributed by atoms with Crippen molar-refractivity contribution in [2.45, 2.75) is 11.8 Å². The van der Waals surface area contributed by atoms with E-state index in [1.165, 1.54) is 43.5 Å². The Kier molecular flexibility index (Phi) is 5.84. The van der Waals surface area contributed by atoms with Crippen molar-refractivity contribution in [1.82, 2.24) is 0 Å². The molecule has 2 rings (SSSR count). The topological polar surface area (TPSA) is 81.7 Å². The van der Waals surface area contributed by atoms with Crippen LogP contribution in [0.25, 0.3) is 0 Å². The molecule has 0 atom stereocenters. The summed E-state index contributed by atoms with van der Waals surface area (Å²) in [7, 11) is -2.26. The van der Waals surface area contributed by atoms with Gasteiger partial charge in [0, 0.05) is 5.69 Å². The molecule has 0 fully saturated rings. The quantitative estimate of drug-likeness (QED) is 0.733. The van der Waals surface area contributed by atoms with Gasteiger partial charge in [0.15, 0.2) is 0 Å². The maximum Gasteiger partial charge on any atom is 0.338 e. The molecule has 0 spiro atoms. The van der Waals surface area contributed by atoms with Gasteiger partial charge in [-0.2, -0.15) is 0 Å². The fourth-order valence-electron chi connectivity index (χ4n) is 1.92. The van der Waals surface area contributed by atoms with Crippen LogP contribution in [0, 0.1) is 0 Å². The summed E-state index contributed by atoms with van der Waals surface area (Å²) in [6, 6.07) is 10.5. The van der Waals surface area contributed by atoms with Gasteiger partial charge in [0.1, 0.15) is 5.75 Å². The third-order valence-corrected chi connectivity index (χ3v) is 5.08. The Morgan fingerprint density at radius 3 is 2.38 bits per heavy atom. The smallest absolute Gasteiger partial charge is 0.338 e. The van der Waals surface area contributed by atoms with Crippen LogP contribution >= 0.6 is 15.9 Å². The SMILES string of the molecule is CCOC(=O)c1ccc(NS(=O)(=O)c2ccc(OC)c(Br)c2)cc1. The van der Waals surface area contributed by atoms with Crippen LogP contribution in [0.5, 0.6) is 5.75 Å². The molecule has 0 unspecified atom stereocenters. The van der Waals surface area contributed by atoms with Crippen molar-refractivity contribution in [2.24, 2.45) is 0 Å². The molecule has 1 N–H and O–H groups in total. The molecule has 0 bridgehead atoms. The number of ether oxygens (including phenoxy) is 2.